The molecule has 226 valence electrons. The summed E-state index contributed by atoms with van der Waals surface area (Å²) < 4.78 is 14.5. The molecular formula is C32H44N6O4. The molecule has 10 heteroatoms. The first kappa shape index (κ1) is 29.8. The summed E-state index contributed by atoms with van der Waals surface area (Å²) in [5.41, 5.74) is 2.27. The Labute approximate surface area is 248 Å². The minimum absolute atomic E-state index is 0.104. The van der Waals surface area contributed by atoms with Crippen molar-refractivity contribution in [3.8, 4) is 5.75 Å². The molecule has 0 radical (unpaired) electrons. The second-order valence-corrected chi connectivity index (χ2v) is 12.4. The fraction of sp³-hybridized carbons (Fsp3) is 0.562. The van der Waals surface area contributed by atoms with Gasteiger partial charge >= 0.3 is 6.09 Å². The molecule has 2 amide bonds. The lowest BCUT2D eigenvalue weighted by molar-refractivity contribution is 0.0238. The molecule has 2 aromatic heterocycles. The number of para-hydroxylation sites is 1. The summed E-state index contributed by atoms with van der Waals surface area (Å²) in [7, 11) is 0. The van der Waals surface area contributed by atoms with Crippen molar-refractivity contribution >= 4 is 29.0 Å². The summed E-state index contributed by atoms with van der Waals surface area (Å²) in [4.78, 5) is 40.0. The number of aryl methyl sites for hydroxylation is 1. The molecule has 0 spiro atoms. The number of imidazole rings is 1. The lowest BCUT2D eigenvalue weighted by Gasteiger charge is -2.32. The molecule has 2 aliphatic rings. The van der Waals surface area contributed by atoms with Crippen molar-refractivity contribution in [1.82, 2.24) is 24.3 Å². The number of carbonyl (C=O) groups excluding carboxylic acids is 2. The summed E-state index contributed by atoms with van der Waals surface area (Å²) in [5.74, 6) is 0.935. The number of pyridine rings is 1. The predicted octanol–water partition coefficient (Wildman–Crippen LogP) is 5.82. The Hall–Kier alpha value is -3.66. The van der Waals surface area contributed by atoms with Crippen LogP contribution in [0.1, 0.15) is 81.9 Å². The van der Waals surface area contributed by atoms with E-state index in [0.29, 0.717) is 24.6 Å². The maximum atomic E-state index is 13.4. The molecule has 0 aliphatic carbocycles. The average molecular weight is 577 g/mol. The summed E-state index contributed by atoms with van der Waals surface area (Å²) in [6.07, 6.45) is 5.96. The first-order chi connectivity index (χ1) is 20.1. The van der Waals surface area contributed by atoms with E-state index in [1.54, 1.807) is 23.2 Å². The van der Waals surface area contributed by atoms with Gasteiger partial charge in [-0.25, -0.2) is 9.78 Å². The number of hydrogen-bond acceptors (Lipinski definition) is 7. The van der Waals surface area contributed by atoms with Gasteiger partial charge in [0, 0.05) is 43.6 Å². The molecule has 10 nitrogen and oxygen atoms in total. The van der Waals surface area contributed by atoms with Gasteiger partial charge in [0.05, 0.1) is 11.6 Å². The molecule has 0 bridgehead atoms. The Morgan fingerprint density at radius 3 is 2.57 bits per heavy atom. The summed E-state index contributed by atoms with van der Waals surface area (Å²) >= 11 is 0. The van der Waals surface area contributed by atoms with E-state index in [4.69, 9.17) is 14.5 Å². The van der Waals surface area contributed by atoms with Crippen molar-refractivity contribution in [2.75, 3.05) is 38.0 Å². The number of anilines is 1. The largest absolute Gasteiger partial charge is 0.488 e. The molecule has 4 heterocycles. The van der Waals surface area contributed by atoms with E-state index >= 15 is 0 Å². The summed E-state index contributed by atoms with van der Waals surface area (Å²) in [5, 5.41) is 3.08. The van der Waals surface area contributed by atoms with E-state index < -0.39 is 5.60 Å². The van der Waals surface area contributed by atoms with E-state index in [2.05, 4.69) is 26.7 Å². The van der Waals surface area contributed by atoms with E-state index in [-0.39, 0.29) is 24.1 Å². The van der Waals surface area contributed by atoms with Crippen molar-refractivity contribution in [1.29, 1.82) is 0 Å². The lowest BCUT2D eigenvalue weighted by atomic mass is 10.1. The van der Waals surface area contributed by atoms with Crippen molar-refractivity contribution in [2.45, 2.75) is 84.5 Å². The van der Waals surface area contributed by atoms with Gasteiger partial charge in [0.25, 0.3) is 5.91 Å². The fourth-order valence-electron chi connectivity index (χ4n) is 5.86. The third kappa shape index (κ3) is 7.03. The third-order valence-electron chi connectivity index (χ3n) is 8.00. The Morgan fingerprint density at radius 2 is 1.86 bits per heavy atom. The van der Waals surface area contributed by atoms with Crippen molar-refractivity contribution in [3.05, 3.63) is 47.8 Å². The smallest absolute Gasteiger partial charge is 0.410 e. The topological polar surface area (TPSA) is 102 Å². The van der Waals surface area contributed by atoms with E-state index in [9.17, 15) is 9.59 Å². The van der Waals surface area contributed by atoms with Gasteiger partial charge in [-0.3, -0.25) is 15.1 Å². The molecule has 2 saturated heterocycles. The predicted molar refractivity (Wildman–Crippen MR) is 163 cm³/mol. The molecule has 5 rings (SSSR count). The zero-order valence-corrected chi connectivity index (χ0v) is 25.6. The molecule has 0 saturated carbocycles. The van der Waals surface area contributed by atoms with E-state index in [1.807, 2.05) is 45.9 Å². The highest BCUT2D eigenvalue weighted by atomic mass is 16.6. The minimum atomic E-state index is -0.587. The second kappa shape index (κ2) is 12.7. The third-order valence-corrected chi connectivity index (χ3v) is 8.00. The molecule has 2 aliphatic heterocycles. The number of rotatable bonds is 6. The van der Waals surface area contributed by atoms with Gasteiger partial charge in [-0.1, -0.05) is 13.0 Å². The molecule has 42 heavy (non-hydrogen) atoms. The molecule has 2 fully saturated rings. The molecule has 1 atom stereocenters. The Kier molecular flexibility index (Phi) is 9.01. The van der Waals surface area contributed by atoms with Gasteiger partial charge in [0.1, 0.15) is 23.0 Å². The standard InChI is InChI=1S/C32H44N6O4/c1-6-36-18-14-25(15-19-36)41-27-12-9-11-26-28(27)38(30(34-26)35-29(39)23-13-16-33-22(2)20-23)24-10-7-8-17-37(21-24)31(40)42-32(3,4)5/h9,11-13,16,20,24-25H,6-8,10,14-15,17-19,21H2,1-5H3,(H,34,35,39). The number of likely N-dealkylation sites (tertiary alicyclic amines) is 2. The minimum Gasteiger partial charge on any atom is -0.488 e. The summed E-state index contributed by atoms with van der Waals surface area (Å²) in [6, 6.07) is 9.22. The maximum absolute atomic E-state index is 13.4. The summed E-state index contributed by atoms with van der Waals surface area (Å²) in [6.45, 7) is 13.8. The normalized spacial score (nSPS) is 19.0. The van der Waals surface area contributed by atoms with E-state index in [1.165, 1.54) is 0 Å². The highest BCUT2D eigenvalue weighted by Crippen LogP contribution is 2.36. The number of carbonyl (C=O) groups is 2. The number of nitrogens with one attached hydrogen (secondary N) is 1. The first-order valence-electron chi connectivity index (χ1n) is 15.2. The van der Waals surface area contributed by atoms with Gasteiger partial charge in [-0.05, 0) is 90.6 Å². The number of hydrogen-bond donors (Lipinski definition) is 1. The van der Waals surface area contributed by atoms with Crippen LogP contribution in [0.15, 0.2) is 36.5 Å². The van der Waals surface area contributed by atoms with Crippen LogP contribution in [-0.4, -0.2) is 80.8 Å². The van der Waals surface area contributed by atoms with Crippen LogP contribution < -0.4 is 10.1 Å². The molecular weight excluding hydrogens is 532 g/mol. The second-order valence-electron chi connectivity index (χ2n) is 12.4. The van der Waals surface area contributed by atoms with Crippen LogP contribution >= 0.6 is 0 Å². The lowest BCUT2D eigenvalue weighted by Crippen LogP contribution is -2.39. The highest BCUT2D eigenvalue weighted by Gasteiger charge is 2.31. The quantitative estimate of drug-likeness (QED) is 0.395. The Balaban J connectivity index is 1.53. The Bertz CT molecular complexity index is 1410. The van der Waals surface area contributed by atoms with Crippen LogP contribution in [0.3, 0.4) is 0 Å². The van der Waals surface area contributed by atoms with Crippen LogP contribution in [0.4, 0.5) is 10.7 Å². The number of aromatic nitrogens is 3. The van der Waals surface area contributed by atoms with Gasteiger partial charge in [-0.15, -0.1) is 0 Å². The number of fused-ring (bicyclic) bond motifs is 1. The zero-order chi connectivity index (χ0) is 29.9. The molecule has 1 unspecified atom stereocenters. The van der Waals surface area contributed by atoms with Crippen LogP contribution in [0.25, 0.3) is 11.0 Å². The monoisotopic (exact) mass is 576 g/mol. The maximum Gasteiger partial charge on any atom is 0.410 e. The van der Waals surface area contributed by atoms with Crippen molar-refractivity contribution < 1.29 is 19.1 Å². The molecule has 1 aromatic carbocycles. The number of piperidine rings is 1. The highest BCUT2D eigenvalue weighted by molar-refractivity contribution is 6.04. The van der Waals surface area contributed by atoms with E-state index in [0.717, 1.165) is 74.2 Å². The molecule has 1 N–H and O–H groups in total. The number of nitrogens with zero attached hydrogens (tertiary/aromatic N) is 5. The van der Waals surface area contributed by atoms with Gasteiger partial charge in [0.2, 0.25) is 5.95 Å². The zero-order valence-electron chi connectivity index (χ0n) is 25.6. The van der Waals surface area contributed by atoms with Gasteiger partial charge in [-0.2, -0.15) is 0 Å². The van der Waals surface area contributed by atoms with Crippen molar-refractivity contribution in [2.24, 2.45) is 0 Å². The first-order valence-corrected chi connectivity index (χ1v) is 15.2. The fourth-order valence-corrected chi connectivity index (χ4v) is 5.86. The SMILES string of the molecule is CCN1CCC(Oc2cccc3nc(NC(=O)c4ccnc(C)c4)n(C4CCCCN(C(=O)OC(C)(C)C)C4)c23)CC1. The van der Waals surface area contributed by atoms with Crippen LogP contribution in [0, 0.1) is 6.92 Å². The number of amides is 2. The van der Waals surface area contributed by atoms with Gasteiger partial charge < -0.3 is 23.8 Å². The molecule has 3 aromatic rings. The van der Waals surface area contributed by atoms with Crippen LogP contribution in [0.2, 0.25) is 0 Å². The van der Waals surface area contributed by atoms with Crippen LogP contribution in [-0.2, 0) is 4.74 Å². The number of ether oxygens (including phenoxy) is 2. The van der Waals surface area contributed by atoms with Gasteiger partial charge in [0.15, 0.2) is 0 Å². The Morgan fingerprint density at radius 1 is 1.07 bits per heavy atom. The van der Waals surface area contributed by atoms with Crippen LogP contribution in [0.5, 0.6) is 5.75 Å². The number of benzene rings is 1. The average Bonchev–Trinajstić information content (AvgIpc) is 3.13. The van der Waals surface area contributed by atoms with Crippen molar-refractivity contribution in [3.63, 3.8) is 0 Å².